The fraction of sp³-hybridized carbons (Fsp3) is 0.179. The lowest BCUT2D eigenvalue weighted by atomic mass is 10.0. The molecule has 7 heteroatoms. The van der Waals surface area contributed by atoms with Gasteiger partial charge in [0.1, 0.15) is 0 Å². The molecule has 0 saturated heterocycles. The van der Waals surface area contributed by atoms with Crippen LogP contribution in [0.15, 0.2) is 72.8 Å². The number of pyridine rings is 1. The van der Waals surface area contributed by atoms with Crippen LogP contribution >= 0.6 is 0 Å². The lowest BCUT2D eigenvalue weighted by Gasteiger charge is -2.12. The molecule has 0 aliphatic carbocycles. The highest BCUT2D eigenvalue weighted by atomic mass is 16.4. The molecule has 3 aromatic carbocycles. The predicted octanol–water partition coefficient (Wildman–Crippen LogP) is 4.81. The minimum atomic E-state index is -0.930. The number of aromatic carboxylic acids is 1. The van der Waals surface area contributed by atoms with Gasteiger partial charge >= 0.3 is 5.97 Å². The number of para-hydroxylation sites is 1. The summed E-state index contributed by atoms with van der Waals surface area (Å²) in [5, 5.41) is 19.9. The summed E-state index contributed by atoms with van der Waals surface area (Å²) in [5.74, 6) is -1.09. The third-order valence-corrected chi connectivity index (χ3v) is 5.83. The summed E-state index contributed by atoms with van der Waals surface area (Å²) in [7, 11) is 0. The van der Waals surface area contributed by atoms with Crippen molar-refractivity contribution in [3.8, 4) is 0 Å². The number of anilines is 2. The molecule has 178 valence electrons. The van der Waals surface area contributed by atoms with Gasteiger partial charge < -0.3 is 21.1 Å². The van der Waals surface area contributed by atoms with Gasteiger partial charge in [-0.15, -0.1) is 0 Å². The van der Waals surface area contributed by atoms with Gasteiger partial charge in [0.2, 0.25) is 0 Å². The third-order valence-electron chi connectivity index (χ3n) is 5.83. The molecule has 1 heterocycles. The predicted molar refractivity (Wildman–Crippen MR) is 138 cm³/mol. The Labute approximate surface area is 204 Å². The van der Waals surface area contributed by atoms with E-state index in [1.54, 1.807) is 25.1 Å². The Morgan fingerprint density at radius 3 is 2.54 bits per heavy atom. The topological polar surface area (TPSA) is 103 Å². The summed E-state index contributed by atoms with van der Waals surface area (Å²) in [4.78, 5) is 28.5. The zero-order valence-electron chi connectivity index (χ0n) is 19.8. The molecule has 0 bridgehead atoms. The number of hydrogen-bond acceptors (Lipinski definition) is 5. The molecule has 0 unspecified atom stereocenters. The van der Waals surface area contributed by atoms with Crippen LogP contribution in [-0.2, 0) is 6.54 Å². The molecule has 0 aliphatic heterocycles. The number of aryl methyl sites for hydroxylation is 1. The average Bonchev–Trinajstić information content (AvgIpc) is 2.84. The van der Waals surface area contributed by atoms with E-state index in [1.165, 1.54) is 0 Å². The molecular formula is C28H28N4O3. The van der Waals surface area contributed by atoms with Crippen molar-refractivity contribution in [2.75, 3.05) is 18.4 Å². The zero-order valence-corrected chi connectivity index (χ0v) is 19.8. The summed E-state index contributed by atoms with van der Waals surface area (Å²) >= 11 is 0. The summed E-state index contributed by atoms with van der Waals surface area (Å²) in [6.07, 6.45) is 0. The first-order chi connectivity index (χ1) is 16.9. The minimum Gasteiger partial charge on any atom is -0.478 e. The molecule has 1 aromatic heterocycles. The molecule has 0 radical (unpaired) electrons. The van der Waals surface area contributed by atoms with E-state index in [0.29, 0.717) is 30.8 Å². The van der Waals surface area contributed by atoms with Gasteiger partial charge in [-0.3, -0.25) is 9.78 Å². The number of nitrogens with zero attached hydrogens (tertiary/aromatic N) is 1. The van der Waals surface area contributed by atoms with Crippen LogP contribution in [0.25, 0.3) is 10.9 Å². The van der Waals surface area contributed by atoms with Crippen molar-refractivity contribution in [1.29, 1.82) is 0 Å². The highest BCUT2D eigenvalue weighted by Crippen LogP contribution is 2.26. The molecule has 7 nitrogen and oxygen atoms in total. The Morgan fingerprint density at radius 2 is 1.71 bits per heavy atom. The van der Waals surface area contributed by atoms with E-state index >= 15 is 0 Å². The molecule has 0 fully saturated rings. The summed E-state index contributed by atoms with van der Waals surface area (Å²) in [6.45, 7) is 5.30. The van der Waals surface area contributed by atoms with Crippen LogP contribution < -0.4 is 16.0 Å². The van der Waals surface area contributed by atoms with E-state index in [4.69, 9.17) is 0 Å². The number of hydrogen-bond donors (Lipinski definition) is 4. The number of carboxylic acid groups (broad SMARTS) is 1. The second-order valence-corrected chi connectivity index (χ2v) is 8.36. The highest BCUT2D eigenvalue weighted by molar-refractivity contribution is 5.96. The maximum Gasteiger partial charge on any atom is 0.335 e. The fourth-order valence-electron chi connectivity index (χ4n) is 4.00. The van der Waals surface area contributed by atoms with Crippen LogP contribution in [0.5, 0.6) is 0 Å². The number of carbonyl (C=O) groups excluding carboxylic acids is 1. The lowest BCUT2D eigenvalue weighted by Crippen LogP contribution is -2.31. The molecule has 35 heavy (non-hydrogen) atoms. The minimum absolute atomic E-state index is 0.157. The molecule has 4 aromatic rings. The van der Waals surface area contributed by atoms with Gasteiger partial charge in [-0.2, -0.15) is 0 Å². The Bertz CT molecular complexity index is 1380. The van der Waals surface area contributed by atoms with E-state index in [-0.39, 0.29) is 5.91 Å². The smallest absolute Gasteiger partial charge is 0.335 e. The quantitative estimate of drug-likeness (QED) is 0.263. The first-order valence-corrected chi connectivity index (χ1v) is 11.5. The zero-order chi connectivity index (χ0) is 24.8. The van der Waals surface area contributed by atoms with Crippen molar-refractivity contribution in [2.24, 2.45) is 0 Å². The third kappa shape index (κ3) is 5.83. The molecule has 0 aliphatic rings. The first-order valence-electron chi connectivity index (χ1n) is 11.5. The largest absolute Gasteiger partial charge is 0.478 e. The van der Waals surface area contributed by atoms with Gasteiger partial charge in [0.25, 0.3) is 5.91 Å². The van der Waals surface area contributed by atoms with Crippen molar-refractivity contribution in [3.63, 3.8) is 0 Å². The number of amides is 1. The number of carboxylic acids is 1. The number of nitrogens with one attached hydrogen (secondary N) is 3. The first kappa shape index (κ1) is 23.9. The monoisotopic (exact) mass is 468 g/mol. The van der Waals surface area contributed by atoms with Crippen molar-refractivity contribution >= 4 is 34.2 Å². The van der Waals surface area contributed by atoms with Gasteiger partial charge in [-0.25, -0.2) is 4.79 Å². The van der Waals surface area contributed by atoms with Gasteiger partial charge in [0.15, 0.2) is 0 Å². The van der Waals surface area contributed by atoms with Crippen molar-refractivity contribution in [1.82, 2.24) is 15.6 Å². The Kier molecular flexibility index (Phi) is 7.38. The SMILES string of the molecule is Cc1cc(Nc2cccc(C(=O)NCCNCc3cccc(C(=O)O)c3C)c2)c2ccccc2n1. The molecule has 0 atom stereocenters. The second-order valence-electron chi connectivity index (χ2n) is 8.36. The summed E-state index contributed by atoms with van der Waals surface area (Å²) in [6, 6.07) is 22.6. The molecule has 4 rings (SSSR count). The van der Waals surface area contributed by atoms with E-state index in [9.17, 15) is 14.7 Å². The number of benzene rings is 3. The molecule has 1 amide bonds. The highest BCUT2D eigenvalue weighted by Gasteiger charge is 2.10. The molecular weight excluding hydrogens is 440 g/mol. The van der Waals surface area contributed by atoms with E-state index in [2.05, 4.69) is 20.9 Å². The number of rotatable bonds is 9. The maximum atomic E-state index is 12.7. The molecule has 4 N–H and O–H groups in total. The Morgan fingerprint density at radius 1 is 0.914 bits per heavy atom. The van der Waals surface area contributed by atoms with E-state index < -0.39 is 5.97 Å². The van der Waals surface area contributed by atoms with E-state index in [0.717, 1.165) is 39.1 Å². The van der Waals surface area contributed by atoms with E-state index in [1.807, 2.05) is 61.5 Å². The van der Waals surface area contributed by atoms with Crippen LogP contribution in [0.1, 0.15) is 37.5 Å². The standard InChI is InChI=1S/C28H28N4O3/c1-18-15-26(24-10-3-4-12-25(24)31-18)32-22-9-5-7-20(16-22)27(33)30-14-13-29-17-21-8-6-11-23(19(21)2)28(34)35/h3-12,15-16,29H,13-14,17H2,1-2H3,(H,30,33)(H,31,32)(H,34,35). The Hall–Kier alpha value is -4.23. The number of fused-ring (bicyclic) bond motifs is 1. The van der Waals surface area contributed by atoms with Crippen molar-refractivity contribution in [3.05, 3.63) is 101 Å². The number of aromatic nitrogens is 1. The Balaban J connectivity index is 1.33. The van der Waals surface area contributed by atoms with Gasteiger partial charge in [-0.05, 0) is 61.4 Å². The van der Waals surface area contributed by atoms with Crippen LogP contribution in [-0.4, -0.2) is 35.1 Å². The van der Waals surface area contributed by atoms with Gasteiger partial charge in [0.05, 0.1) is 11.1 Å². The van der Waals surface area contributed by atoms with Crippen LogP contribution in [0.3, 0.4) is 0 Å². The summed E-state index contributed by atoms with van der Waals surface area (Å²) < 4.78 is 0. The second kappa shape index (κ2) is 10.8. The van der Waals surface area contributed by atoms with Crippen LogP contribution in [0.4, 0.5) is 11.4 Å². The van der Waals surface area contributed by atoms with Gasteiger partial charge in [0, 0.05) is 47.7 Å². The maximum absolute atomic E-state index is 12.7. The lowest BCUT2D eigenvalue weighted by molar-refractivity contribution is 0.0695. The summed E-state index contributed by atoms with van der Waals surface area (Å²) in [5.41, 5.74) is 6.14. The number of carbonyl (C=O) groups is 2. The van der Waals surface area contributed by atoms with Gasteiger partial charge in [-0.1, -0.05) is 36.4 Å². The molecule has 0 spiro atoms. The fourth-order valence-corrected chi connectivity index (χ4v) is 4.00. The van der Waals surface area contributed by atoms with Crippen molar-refractivity contribution < 1.29 is 14.7 Å². The van der Waals surface area contributed by atoms with Crippen LogP contribution in [0, 0.1) is 13.8 Å². The normalized spacial score (nSPS) is 10.8. The van der Waals surface area contributed by atoms with Crippen LogP contribution in [0.2, 0.25) is 0 Å². The average molecular weight is 469 g/mol. The molecule has 0 saturated carbocycles. The van der Waals surface area contributed by atoms with Crippen molar-refractivity contribution in [2.45, 2.75) is 20.4 Å².